The highest BCUT2D eigenvalue weighted by molar-refractivity contribution is 7.14. The summed E-state index contributed by atoms with van der Waals surface area (Å²) in [5.41, 5.74) is 6.41. The Morgan fingerprint density at radius 3 is 2.91 bits per heavy atom. The second-order valence-electron chi connectivity index (χ2n) is 4.44. The lowest BCUT2D eigenvalue weighted by molar-refractivity contribution is 0.247. The molecule has 0 spiro atoms. The smallest absolute Gasteiger partial charge is 0.339 e. The summed E-state index contributed by atoms with van der Waals surface area (Å²) >= 11 is 0.845. The van der Waals surface area contributed by atoms with Crippen molar-refractivity contribution in [3.8, 4) is 11.3 Å². The number of nitrogens with two attached hydrogens (primary N) is 1. The van der Waals surface area contributed by atoms with Crippen LogP contribution in [0.25, 0.3) is 11.3 Å². The maximum Gasteiger partial charge on any atom is 0.339 e. The van der Waals surface area contributed by atoms with E-state index < -0.39 is 11.2 Å². The van der Waals surface area contributed by atoms with E-state index in [-0.39, 0.29) is 5.69 Å². The van der Waals surface area contributed by atoms with E-state index in [9.17, 15) is 9.18 Å². The van der Waals surface area contributed by atoms with Gasteiger partial charge in [-0.15, -0.1) is 0 Å². The molecule has 0 aliphatic heterocycles. The molecular formula is C13H11FN6OS. The fourth-order valence-corrected chi connectivity index (χ4v) is 2.54. The number of primary amides is 1. The average Bonchev–Trinajstić information content (AvgIpc) is 3.05. The van der Waals surface area contributed by atoms with Gasteiger partial charge in [0.25, 0.3) is 0 Å². The Balaban J connectivity index is 1.88. The van der Waals surface area contributed by atoms with E-state index in [1.807, 2.05) is 19.1 Å². The molecule has 0 aliphatic rings. The second kappa shape index (κ2) is 5.53. The van der Waals surface area contributed by atoms with Gasteiger partial charge in [-0.25, -0.2) is 14.8 Å². The van der Waals surface area contributed by atoms with E-state index in [4.69, 9.17) is 5.73 Å². The standard InChI is InChI=1S/C13H11FN6OS/c1-7-3-2-4-9(17-7)18-13-19-10(11(14)22-13)8-5-16-20(6-8)12(15)21/h2-6H,1H3,(H2,15,21)(H,17,18,19). The van der Waals surface area contributed by atoms with Gasteiger partial charge in [-0.3, -0.25) is 0 Å². The zero-order valence-electron chi connectivity index (χ0n) is 11.4. The summed E-state index contributed by atoms with van der Waals surface area (Å²) in [5.74, 6) is 0.577. The summed E-state index contributed by atoms with van der Waals surface area (Å²) in [6.45, 7) is 1.86. The van der Waals surface area contributed by atoms with Crippen molar-refractivity contribution in [2.24, 2.45) is 5.73 Å². The molecule has 0 saturated carbocycles. The minimum Gasteiger partial charge on any atom is -0.350 e. The summed E-state index contributed by atoms with van der Waals surface area (Å²) in [4.78, 5) is 19.4. The number of rotatable bonds is 3. The van der Waals surface area contributed by atoms with Gasteiger partial charge in [0.2, 0.25) is 5.13 Å². The third-order valence-corrected chi connectivity index (χ3v) is 3.55. The van der Waals surface area contributed by atoms with E-state index in [0.717, 1.165) is 21.7 Å². The molecule has 0 aromatic carbocycles. The van der Waals surface area contributed by atoms with Crippen LogP contribution < -0.4 is 11.1 Å². The number of amides is 1. The summed E-state index contributed by atoms with van der Waals surface area (Å²) in [6, 6.07) is 4.71. The fraction of sp³-hybridized carbons (Fsp3) is 0.0769. The van der Waals surface area contributed by atoms with Crippen LogP contribution in [0, 0.1) is 12.1 Å². The first kappa shape index (κ1) is 14.1. The minimum atomic E-state index is -0.746. The van der Waals surface area contributed by atoms with Crippen molar-refractivity contribution in [3.05, 3.63) is 41.4 Å². The molecule has 3 N–H and O–H groups in total. The zero-order chi connectivity index (χ0) is 15.7. The lowest BCUT2D eigenvalue weighted by Gasteiger charge is -2.01. The van der Waals surface area contributed by atoms with Gasteiger partial charge >= 0.3 is 6.03 Å². The van der Waals surface area contributed by atoms with E-state index in [2.05, 4.69) is 20.4 Å². The summed E-state index contributed by atoms with van der Waals surface area (Å²) < 4.78 is 15.0. The van der Waals surface area contributed by atoms with Crippen LogP contribution in [-0.2, 0) is 0 Å². The molecule has 0 fully saturated rings. The van der Waals surface area contributed by atoms with Crippen molar-refractivity contribution >= 4 is 28.3 Å². The topological polar surface area (TPSA) is 98.7 Å². The van der Waals surface area contributed by atoms with Crippen molar-refractivity contribution < 1.29 is 9.18 Å². The summed E-state index contributed by atoms with van der Waals surface area (Å²) in [6.07, 6.45) is 2.66. The summed E-state index contributed by atoms with van der Waals surface area (Å²) in [7, 11) is 0. The van der Waals surface area contributed by atoms with Gasteiger partial charge in [-0.2, -0.15) is 14.2 Å². The minimum absolute atomic E-state index is 0.104. The maximum absolute atomic E-state index is 14.0. The monoisotopic (exact) mass is 318 g/mol. The first-order valence-corrected chi connectivity index (χ1v) is 7.06. The van der Waals surface area contributed by atoms with Crippen molar-refractivity contribution in [2.45, 2.75) is 6.92 Å². The molecule has 3 heterocycles. The average molecular weight is 318 g/mol. The number of hydrogen-bond acceptors (Lipinski definition) is 6. The highest BCUT2D eigenvalue weighted by atomic mass is 32.1. The van der Waals surface area contributed by atoms with Gasteiger partial charge in [-0.1, -0.05) is 17.4 Å². The number of nitrogens with one attached hydrogen (secondary N) is 1. The van der Waals surface area contributed by atoms with Crippen LogP contribution in [0.3, 0.4) is 0 Å². The first-order valence-electron chi connectivity index (χ1n) is 6.25. The van der Waals surface area contributed by atoms with Gasteiger partial charge in [0.05, 0.1) is 6.20 Å². The molecule has 0 atom stereocenters. The Hall–Kier alpha value is -2.81. The van der Waals surface area contributed by atoms with Crippen LogP contribution in [0.2, 0.25) is 0 Å². The number of pyridine rings is 1. The van der Waals surface area contributed by atoms with E-state index in [1.165, 1.54) is 12.4 Å². The van der Waals surface area contributed by atoms with Crippen molar-refractivity contribution in [1.82, 2.24) is 19.7 Å². The molecule has 0 aliphatic carbocycles. The highest BCUT2D eigenvalue weighted by Gasteiger charge is 2.16. The molecule has 22 heavy (non-hydrogen) atoms. The van der Waals surface area contributed by atoms with Crippen LogP contribution in [-0.4, -0.2) is 25.8 Å². The molecule has 1 amide bonds. The maximum atomic E-state index is 14.0. The highest BCUT2D eigenvalue weighted by Crippen LogP contribution is 2.30. The van der Waals surface area contributed by atoms with Gasteiger partial charge in [0.15, 0.2) is 5.13 Å². The molecule has 112 valence electrons. The number of nitrogens with zero attached hydrogens (tertiary/aromatic N) is 4. The van der Waals surface area contributed by atoms with Gasteiger partial charge in [0, 0.05) is 17.5 Å². The number of thiazole rings is 1. The van der Waals surface area contributed by atoms with Crippen LogP contribution in [0.4, 0.5) is 20.1 Å². The SMILES string of the molecule is Cc1cccc(Nc2nc(-c3cnn(C(N)=O)c3)c(F)s2)n1. The molecule has 3 aromatic heterocycles. The fourth-order valence-electron chi connectivity index (χ4n) is 1.82. The Morgan fingerprint density at radius 2 is 2.23 bits per heavy atom. The Kier molecular flexibility index (Phi) is 3.55. The molecule has 0 bridgehead atoms. The first-order chi connectivity index (χ1) is 10.5. The number of halogens is 1. The lowest BCUT2D eigenvalue weighted by Crippen LogP contribution is -2.19. The lowest BCUT2D eigenvalue weighted by atomic mass is 10.3. The van der Waals surface area contributed by atoms with E-state index in [0.29, 0.717) is 16.5 Å². The van der Waals surface area contributed by atoms with E-state index in [1.54, 1.807) is 6.07 Å². The zero-order valence-corrected chi connectivity index (χ0v) is 12.3. The van der Waals surface area contributed by atoms with Crippen LogP contribution in [0.1, 0.15) is 5.69 Å². The Bertz CT molecular complexity index is 843. The Labute approximate surface area is 128 Å². The third-order valence-electron chi connectivity index (χ3n) is 2.79. The number of carbonyl (C=O) groups is 1. The predicted octanol–water partition coefficient (Wildman–Crippen LogP) is 2.52. The molecule has 7 nitrogen and oxygen atoms in total. The largest absolute Gasteiger partial charge is 0.350 e. The second-order valence-corrected chi connectivity index (χ2v) is 5.39. The van der Waals surface area contributed by atoms with Crippen molar-refractivity contribution in [2.75, 3.05) is 5.32 Å². The number of aryl methyl sites for hydroxylation is 1. The molecule has 0 radical (unpaired) electrons. The predicted molar refractivity (Wildman–Crippen MR) is 80.5 cm³/mol. The number of carbonyl (C=O) groups excluding carboxylic acids is 1. The number of anilines is 2. The molecule has 0 saturated heterocycles. The normalized spacial score (nSPS) is 10.6. The van der Waals surface area contributed by atoms with Gasteiger partial charge in [0.1, 0.15) is 11.5 Å². The van der Waals surface area contributed by atoms with Crippen LogP contribution in [0.15, 0.2) is 30.6 Å². The third kappa shape index (κ3) is 2.79. The molecule has 3 rings (SSSR count). The van der Waals surface area contributed by atoms with Crippen LogP contribution >= 0.6 is 11.3 Å². The number of hydrogen-bond donors (Lipinski definition) is 2. The van der Waals surface area contributed by atoms with Crippen molar-refractivity contribution in [3.63, 3.8) is 0 Å². The number of aromatic nitrogens is 4. The Morgan fingerprint density at radius 1 is 1.41 bits per heavy atom. The molecular weight excluding hydrogens is 307 g/mol. The molecule has 3 aromatic rings. The van der Waals surface area contributed by atoms with Crippen LogP contribution in [0.5, 0.6) is 0 Å². The van der Waals surface area contributed by atoms with Crippen molar-refractivity contribution in [1.29, 1.82) is 0 Å². The molecule has 9 heteroatoms. The quantitative estimate of drug-likeness (QED) is 0.773. The van der Waals surface area contributed by atoms with Gasteiger partial charge in [-0.05, 0) is 19.1 Å². The summed E-state index contributed by atoms with van der Waals surface area (Å²) in [5, 5.41) is 6.56. The molecule has 0 unspecified atom stereocenters. The van der Waals surface area contributed by atoms with E-state index >= 15 is 0 Å². The van der Waals surface area contributed by atoms with Gasteiger partial charge < -0.3 is 11.1 Å².